The van der Waals surface area contributed by atoms with Gasteiger partial charge in [0.15, 0.2) is 15.9 Å². The van der Waals surface area contributed by atoms with Crippen LogP contribution >= 0.6 is 0 Å². The minimum absolute atomic E-state index is 0.164. The minimum atomic E-state index is -1.45. The highest BCUT2D eigenvalue weighted by molar-refractivity contribution is 7.92. The Morgan fingerprint density at radius 2 is 1.54 bits per heavy atom. The van der Waals surface area contributed by atoms with Crippen LogP contribution in [0.5, 0.6) is 0 Å². The van der Waals surface area contributed by atoms with Gasteiger partial charge in [0.25, 0.3) is 0 Å². The van der Waals surface area contributed by atoms with Gasteiger partial charge in [0.1, 0.15) is 5.82 Å². The fourth-order valence-corrected chi connectivity index (χ4v) is 4.79. The zero-order valence-corrected chi connectivity index (χ0v) is 14.6. The van der Waals surface area contributed by atoms with E-state index < -0.39 is 16.4 Å². The molecule has 3 aromatic carbocycles. The minimum Gasteiger partial charge on any atom is -0.611 e. The van der Waals surface area contributed by atoms with Crippen LogP contribution in [-0.4, -0.2) is 10.3 Å². The molecule has 128 valence electrons. The summed E-state index contributed by atoms with van der Waals surface area (Å²) in [6, 6.07) is 22.1. The molecule has 0 aliphatic carbocycles. The average molecular weight is 362 g/mol. The predicted octanol–water partition coefficient (Wildman–Crippen LogP) is 4.95. The number of carbonyl (C=O) groups is 1. The second-order valence-corrected chi connectivity index (χ2v) is 7.57. The fraction of sp³-hybridized carbons (Fsp3) is 0.0455. The van der Waals surface area contributed by atoms with Crippen molar-refractivity contribution in [2.75, 3.05) is 0 Å². The van der Waals surface area contributed by atoms with Crippen LogP contribution in [0.2, 0.25) is 0 Å². The second kappa shape index (κ2) is 6.90. The summed E-state index contributed by atoms with van der Waals surface area (Å²) in [6.07, 6.45) is 1.81. The van der Waals surface area contributed by atoms with Gasteiger partial charge in [-0.2, -0.15) is 0 Å². The summed E-state index contributed by atoms with van der Waals surface area (Å²) in [6.45, 7) is 0. The third-order valence-corrected chi connectivity index (χ3v) is 6.17. The van der Waals surface area contributed by atoms with E-state index in [1.165, 1.54) is 12.1 Å². The first-order valence-electron chi connectivity index (χ1n) is 8.21. The standard InChI is InChI=1S/C22H15FO2S/c23-18-12-10-16(11-13-18)22-19(21(24)15-6-2-1-3-7-15)14-17-8-4-5-9-20(17)26(22)25/h1-14,22H. The molecule has 0 fully saturated rings. The molecule has 0 aromatic heterocycles. The van der Waals surface area contributed by atoms with E-state index >= 15 is 0 Å². The van der Waals surface area contributed by atoms with Crippen LogP contribution in [0.15, 0.2) is 89.3 Å². The van der Waals surface area contributed by atoms with Crippen molar-refractivity contribution in [3.63, 3.8) is 0 Å². The maximum absolute atomic E-state index is 13.4. The van der Waals surface area contributed by atoms with Gasteiger partial charge in [0, 0.05) is 16.7 Å². The van der Waals surface area contributed by atoms with Crippen LogP contribution < -0.4 is 0 Å². The Labute approximate surface area is 154 Å². The van der Waals surface area contributed by atoms with Crippen LogP contribution in [-0.2, 0) is 11.2 Å². The molecule has 2 nitrogen and oxygen atoms in total. The summed E-state index contributed by atoms with van der Waals surface area (Å²) in [4.78, 5) is 13.8. The number of benzene rings is 3. The van der Waals surface area contributed by atoms with E-state index in [0.717, 1.165) is 5.56 Å². The first-order chi connectivity index (χ1) is 12.6. The van der Waals surface area contributed by atoms with Crippen molar-refractivity contribution in [2.24, 2.45) is 0 Å². The summed E-state index contributed by atoms with van der Waals surface area (Å²) < 4.78 is 26.6. The Morgan fingerprint density at radius 3 is 2.27 bits per heavy atom. The molecule has 1 heterocycles. The molecule has 0 spiro atoms. The number of Topliss-reactive ketones (excluding diaryl/α,β-unsaturated/α-hetero) is 1. The Morgan fingerprint density at radius 1 is 0.885 bits per heavy atom. The molecule has 2 atom stereocenters. The van der Waals surface area contributed by atoms with Crippen molar-refractivity contribution in [2.45, 2.75) is 10.1 Å². The van der Waals surface area contributed by atoms with Crippen molar-refractivity contribution < 1.29 is 13.7 Å². The van der Waals surface area contributed by atoms with Crippen LogP contribution in [0.25, 0.3) is 6.08 Å². The van der Waals surface area contributed by atoms with E-state index in [2.05, 4.69) is 0 Å². The maximum atomic E-state index is 13.4. The predicted molar refractivity (Wildman–Crippen MR) is 101 cm³/mol. The number of hydrogen-bond acceptors (Lipinski definition) is 2. The smallest absolute Gasteiger partial charge is 0.194 e. The quantitative estimate of drug-likeness (QED) is 0.488. The Balaban J connectivity index is 1.87. The monoisotopic (exact) mass is 362 g/mol. The number of halogens is 1. The van der Waals surface area contributed by atoms with Crippen molar-refractivity contribution >= 4 is 23.0 Å². The first-order valence-corrected chi connectivity index (χ1v) is 9.43. The Kier molecular flexibility index (Phi) is 4.45. The lowest BCUT2D eigenvalue weighted by molar-refractivity contribution is 0.103. The lowest BCUT2D eigenvalue weighted by Gasteiger charge is -2.28. The van der Waals surface area contributed by atoms with Gasteiger partial charge in [-0.3, -0.25) is 4.79 Å². The highest BCUT2D eigenvalue weighted by Gasteiger charge is 2.39. The summed E-state index contributed by atoms with van der Waals surface area (Å²) in [5.41, 5.74) is 2.44. The normalized spacial score (nSPS) is 18.8. The second-order valence-electron chi connectivity index (χ2n) is 6.06. The maximum Gasteiger partial charge on any atom is 0.194 e. The van der Waals surface area contributed by atoms with Crippen molar-refractivity contribution in [3.05, 3.63) is 107 Å². The first kappa shape index (κ1) is 16.8. The van der Waals surface area contributed by atoms with Crippen molar-refractivity contribution in [3.8, 4) is 0 Å². The van der Waals surface area contributed by atoms with Gasteiger partial charge >= 0.3 is 0 Å². The van der Waals surface area contributed by atoms with Crippen molar-refractivity contribution in [1.29, 1.82) is 0 Å². The van der Waals surface area contributed by atoms with Gasteiger partial charge < -0.3 is 4.55 Å². The molecule has 1 aliphatic heterocycles. The number of ketones is 1. The van der Waals surface area contributed by atoms with Crippen LogP contribution in [0.3, 0.4) is 0 Å². The number of carbonyl (C=O) groups excluding carboxylic acids is 1. The number of fused-ring (bicyclic) bond motifs is 1. The zero-order chi connectivity index (χ0) is 18.1. The van der Waals surface area contributed by atoms with Crippen LogP contribution in [0.4, 0.5) is 4.39 Å². The molecule has 2 unspecified atom stereocenters. The summed E-state index contributed by atoms with van der Waals surface area (Å²) in [5.74, 6) is -0.529. The van der Waals surface area contributed by atoms with E-state index in [4.69, 9.17) is 0 Å². The molecule has 4 rings (SSSR count). The molecule has 1 aliphatic rings. The van der Waals surface area contributed by atoms with Gasteiger partial charge in [-0.15, -0.1) is 0 Å². The third-order valence-electron chi connectivity index (χ3n) is 4.41. The average Bonchev–Trinajstić information content (AvgIpc) is 2.69. The molecule has 0 saturated heterocycles. The topological polar surface area (TPSA) is 40.1 Å². The lowest BCUT2D eigenvalue weighted by Crippen LogP contribution is -2.24. The Bertz CT molecular complexity index is 981. The molecule has 0 radical (unpaired) electrons. The van der Waals surface area contributed by atoms with E-state index in [-0.39, 0.29) is 11.6 Å². The number of rotatable bonds is 3. The number of hydrogen-bond donors (Lipinski definition) is 0. The summed E-state index contributed by atoms with van der Waals surface area (Å²) >= 11 is -1.45. The molecule has 4 heteroatoms. The van der Waals surface area contributed by atoms with Crippen LogP contribution in [0, 0.1) is 5.82 Å². The van der Waals surface area contributed by atoms with Gasteiger partial charge in [0.2, 0.25) is 0 Å². The molecular weight excluding hydrogens is 347 g/mol. The molecule has 26 heavy (non-hydrogen) atoms. The van der Waals surface area contributed by atoms with Crippen LogP contribution in [0.1, 0.15) is 26.7 Å². The highest BCUT2D eigenvalue weighted by atomic mass is 32.2. The molecular formula is C22H15FO2S. The summed E-state index contributed by atoms with van der Waals surface area (Å²) in [5, 5.41) is -0.627. The molecule has 3 aromatic rings. The van der Waals surface area contributed by atoms with Gasteiger partial charge in [0.05, 0.1) is 5.57 Å². The van der Waals surface area contributed by atoms with E-state index in [9.17, 15) is 13.7 Å². The molecule has 0 amide bonds. The van der Waals surface area contributed by atoms with E-state index in [0.29, 0.717) is 21.6 Å². The lowest BCUT2D eigenvalue weighted by atomic mass is 9.94. The third kappa shape index (κ3) is 2.98. The fourth-order valence-electron chi connectivity index (χ4n) is 3.15. The van der Waals surface area contributed by atoms with Gasteiger partial charge in [-0.05, 0) is 41.5 Å². The highest BCUT2D eigenvalue weighted by Crippen LogP contribution is 2.42. The van der Waals surface area contributed by atoms with Crippen molar-refractivity contribution in [1.82, 2.24) is 0 Å². The van der Waals surface area contributed by atoms with Gasteiger partial charge in [-0.1, -0.05) is 54.6 Å². The largest absolute Gasteiger partial charge is 0.611 e. The Hall–Kier alpha value is -2.69. The van der Waals surface area contributed by atoms with E-state index in [1.54, 1.807) is 42.5 Å². The summed E-state index contributed by atoms with van der Waals surface area (Å²) in [7, 11) is 0. The SMILES string of the molecule is O=C(C1=Cc2ccccc2[S+]([O-])C1c1ccc(F)cc1)c1ccccc1. The molecule has 0 saturated carbocycles. The zero-order valence-electron chi connectivity index (χ0n) is 13.8. The van der Waals surface area contributed by atoms with E-state index in [1.807, 2.05) is 30.3 Å². The molecule has 0 bridgehead atoms. The van der Waals surface area contributed by atoms with Gasteiger partial charge in [-0.25, -0.2) is 4.39 Å². The molecule has 0 N–H and O–H groups in total.